The highest BCUT2D eigenvalue weighted by molar-refractivity contribution is 6.10. The molecule has 302 valence electrons. The lowest BCUT2D eigenvalue weighted by Gasteiger charge is -2.14. The Morgan fingerprint density at radius 1 is 0.438 bits per heavy atom. The van der Waals surface area contributed by atoms with Crippen molar-refractivity contribution in [1.29, 1.82) is 0 Å². The third kappa shape index (κ3) is 6.55. The van der Waals surface area contributed by atoms with Crippen LogP contribution in [0, 0.1) is 0 Å². The van der Waals surface area contributed by atoms with E-state index < -0.39 is 0 Å². The molecule has 64 heavy (non-hydrogen) atoms. The summed E-state index contributed by atoms with van der Waals surface area (Å²) < 4.78 is 12.7. The topological polar surface area (TPSA) is 104 Å². The van der Waals surface area contributed by atoms with Crippen molar-refractivity contribution >= 4 is 71.5 Å². The highest BCUT2D eigenvalue weighted by Crippen LogP contribution is 2.40. The van der Waals surface area contributed by atoms with Crippen molar-refractivity contribution in [3.05, 3.63) is 200 Å². The highest BCUT2D eigenvalue weighted by atomic mass is 16.3. The Labute approximate surface area is 367 Å². The smallest absolute Gasteiger partial charge is 0.227 e. The van der Waals surface area contributed by atoms with Crippen LogP contribution in [0.15, 0.2) is 203 Å². The number of nitrogens with zero attached hydrogens (tertiary/aromatic N) is 4. The summed E-state index contributed by atoms with van der Waals surface area (Å²) in [5.41, 5.74) is 21.1. The number of rotatable bonds is 7. The predicted octanol–water partition coefficient (Wildman–Crippen LogP) is 14.6. The molecule has 0 fully saturated rings. The first-order chi connectivity index (χ1) is 31.5. The molecule has 0 saturated heterocycles. The first-order valence-electron chi connectivity index (χ1n) is 21.2. The van der Waals surface area contributed by atoms with Gasteiger partial charge in [-0.1, -0.05) is 109 Å². The molecule has 0 amide bonds. The van der Waals surface area contributed by atoms with Crippen LogP contribution in [0.4, 0.5) is 0 Å². The maximum Gasteiger partial charge on any atom is 0.227 e. The number of para-hydroxylation sites is 2. The molecule has 5 aromatic heterocycles. The quantitative estimate of drug-likeness (QED) is 0.160. The molecule has 0 aliphatic rings. The van der Waals surface area contributed by atoms with Crippen molar-refractivity contribution in [2.75, 3.05) is 0 Å². The normalized spacial score (nSPS) is 12.2. The predicted molar refractivity (Wildman–Crippen MR) is 261 cm³/mol. The summed E-state index contributed by atoms with van der Waals surface area (Å²) in [6.07, 6.45) is 5.38. The lowest BCUT2D eigenvalue weighted by atomic mass is 9.93. The van der Waals surface area contributed by atoms with Gasteiger partial charge >= 0.3 is 0 Å². The summed E-state index contributed by atoms with van der Waals surface area (Å²) >= 11 is 0. The second-order valence-electron chi connectivity index (χ2n) is 16.1. The van der Waals surface area contributed by atoms with Crippen LogP contribution in [-0.2, 0) is 0 Å². The molecular weight excluding hydrogens is 787 g/mol. The molecule has 0 bridgehead atoms. The first kappa shape index (κ1) is 37.1. The molecule has 0 unspecified atom stereocenters. The molecule has 5 heterocycles. The molecule has 0 radical (unpaired) electrons. The Morgan fingerprint density at radius 3 is 1.53 bits per heavy atom. The Hall–Kier alpha value is -8.68. The first-order valence-corrected chi connectivity index (χ1v) is 21.2. The Bertz CT molecular complexity index is 3690. The van der Waals surface area contributed by atoms with Gasteiger partial charge in [-0.3, -0.25) is 0 Å². The number of furan rings is 2. The van der Waals surface area contributed by atoms with Crippen LogP contribution in [0.2, 0.25) is 0 Å². The van der Waals surface area contributed by atoms with Crippen LogP contribution in [0.3, 0.4) is 0 Å². The summed E-state index contributed by atoms with van der Waals surface area (Å²) in [5.74, 6) is 0.635. The van der Waals surface area contributed by atoms with E-state index in [1.807, 2.05) is 78.9 Å². The zero-order valence-corrected chi connectivity index (χ0v) is 34.7. The van der Waals surface area contributed by atoms with E-state index in [4.69, 9.17) is 34.5 Å². The lowest BCUT2D eigenvalue weighted by Crippen LogP contribution is -1.97. The Morgan fingerprint density at radius 2 is 0.953 bits per heavy atom. The Kier molecular flexibility index (Phi) is 8.72. The molecule has 0 aliphatic carbocycles. The molecule has 7 nitrogen and oxygen atoms in total. The molecule has 7 heteroatoms. The van der Waals surface area contributed by atoms with Gasteiger partial charge in [0.1, 0.15) is 11.2 Å². The zero-order chi connectivity index (χ0) is 42.7. The van der Waals surface area contributed by atoms with Gasteiger partial charge in [-0.2, -0.15) is 0 Å². The van der Waals surface area contributed by atoms with Crippen LogP contribution in [-0.4, -0.2) is 19.9 Å². The highest BCUT2D eigenvalue weighted by Gasteiger charge is 2.18. The van der Waals surface area contributed by atoms with Crippen LogP contribution in [0.25, 0.3) is 128 Å². The van der Waals surface area contributed by atoms with E-state index in [0.717, 1.165) is 116 Å². The fourth-order valence-electron chi connectivity index (χ4n) is 8.73. The van der Waals surface area contributed by atoms with Crippen molar-refractivity contribution in [3.63, 3.8) is 0 Å². The van der Waals surface area contributed by atoms with Gasteiger partial charge < -0.3 is 14.6 Å². The van der Waals surface area contributed by atoms with E-state index in [2.05, 4.69) is 116 Å². The van der Waals surface area contributed by atoms with E-state index in [9.17, 15) is 0 Å². The fourth-order valence-corrected chi connectivity index (χ4v) is 8.73. The number of benzene rings is 7. The number of nitrogens with two attached hydrogens (primary N) is 1. The SMILES string of the molecule is C/C(=C\C=C/N)c1ccc(-c2nc(-c3ccccc3)cc(-c3cc(-c4ccc5oc6nc7ccccc7cc6c5c4)cc(-c4ccc5oc6nc7ccccc7cc6c5c4)c3)n2)cc1. The summed E-state index contributed by atoms with van der Waals surface area (Å²) in [6, 6.07) is 60.9. The van der Waals surface area contributed by atoms with Gasteiger partial charge in [0.05, 0.1) is 22.4 Å². The van der Waals surface area contributed by atoms with Gasteiger partial charge in [0.25, 0.3) is 0 Å². The number of pyridine rings is 2. The van der Waals surface area contributed by atoms with Crippen molar-refractivity contribution in [3.8, 4) is 56.2 Å². The van der Waals surface area contributed by atoms with E-state index in [1.165, 1.54) is 6.20 Å². The largest absolute Gasteiger partial charge is 0.438 e. The van der Waals surface area contributed by atoms with E-state index >= 15 is 0 Å². The zero-order valence-electron chi connectivity index (χ0n) is 34.7. The van der Waals surface area contributed by atoms with Crippen molar-refractivity contribution < 1.29 is 8.83 Å². The molecule has 12 aromatic rings. The number of fused-ring (bicyclic) bond motifs is 8. The standard InChI is InChI=1S/C57H37N5O2/c1-34(10-9-25-58)35-17-19-37(20-18-35)55-59-51(36-11-3-2-4-12-36)33-52(60-55)44-27-42(38-21-23-53-45(29-38)47-31-40-13-5-7-15-49(40)61-56(47)63-53)26-43(28-44)39-22-24-54-46(30-39)48-32-41-14-6-8-16-50(41)62-57(48)64-54/h2-33H,58H2,1H3/b25-9-,34-10+. The molecule has 2 N–H and O–H groups in total. The number of aromatic nitrogens is 4. The van der Waals surface area contributed by atoms with Crippen LogP contribution in [0.5, 0.6) is 0 Å². The fraction of sp³-hybridized carbons (Fsp3) is 0.0175. The lowest BCUT2D eigenvalue weighted by molar-refractivity contribution is 0.655. The van der Waals surface area contributed by atoms with Crippen LogP contribution in [0.1, 0.15) is 12.5 Å². The summed E-state index contributed by atoms with van der Waals surface area (Å²) in [7, 11) is 0. The van der Waals surface area contributed by atoms with Crippen molar-refractivity contribution in [1.82, 2.24) is 19.9 Å². The average Bonchev–Trinajstić information content (AvgIpc) is 3.90. The number of hydrogen-bond acceptors (Lipinski definition) is 7. The monoisotopic (exact) mass is 823 g/mol. The minimum atomic E-state index is 0.622. The van der Waals surface area contributed by atoms with Gasteiger partial charge in [0.15, 0.2) is 5.82 Å². The number of hydrogen-bond donors (Lipinski definition) is 1. The third-order valence-electron chi connectivity index (χ3n) is 12.1. The molecular formula is C57H37N5O2. The van der Waals surface area contributed by atoms with Gasteiger partial charge in [0.2, 0.25) is 11.4 Å². The molecule has 7 aromatic carbocycles. The van der Waals surface area contributed by atoms with Crippen LogP contribution >= 0.6 is 0 Å². The number of allylic oxidation sites excluding steroid dienone is 3. The van der Waals surface area contributed by atoms with E-state index in [-0.39, 0.29) is 0 Å². The molecule has 0 saturated carbocycles. The minimum absolute atomic E-state index is 0.622. The van der Waals surface area contributed by atoms with Crippen molar-refractivity contribution in [2.24, 2.45) is 5.73 Å². The van der Waals surface area contributed by atoms with Crippen molar-refractivity contribution in [2.45, 2.75) is 6.92 Å². The second-order valence-corrected chi connectivity index (χ2v) is 16.1. The van der Waals surface area contributed by atoms with E-state index in [1.54, 1.807) is 0 Å². The second kappa shape index (κ2) is 15.0. The average molecular weight is 824 g/mol. The maximum absolute atomic E-state index is 6.33. The van der Waals surface area contributed by atoms with Gasteiger partial charge in [-0.25, -0.2) is 19.9 Å². The van der Waals surface area contributed by atoms with Gasteiger partial charge in [0, 0.05) is 49.0 Å². The van der Waals surface area contributed by atoms with Gasteiger partial charge in [-0.15, -0.1) is 0 Å². The summed E-state index contributed by atoms with van der Waals surface area (Å²) in [4.78, 5) is 20.2. The Balaban J connectivity index is 1.06. The van der Waals surface area contributed by atoms with Gasteiger partial charge in [-0.05, 0) is 125 Å². The molecule has 12 rings (SSSR count). The van der Waals surface area contributed by atoms with Crippen LogP contribution < -0.4 is 5.73 Å². The van der Waals surface area contributed by atoms with E-state index in [0.29, 0.717) is 17.3 Å². The molecule has 0 atom stereocenters. The summed E-state index contributed by atoms with van der Waals surface area (Å²) in [6.45, 7) is 2.07. The third-order valence-corrected chi connectivity index (χ3v) is 12.1. The molecule has 0 spiro atoms. The summed E-state index contributed by atoms with van der Waals surface area (Å²) in [5, 5.41) is 6.10. The minimum Gasteiger partial charge on any atom is -0.438 e. The maximum atomic E-state index is 6.33. The molecule has 0 aliphatic heterocycles.